The molecular formula is C19H34Cl2N2O3. The molecule has 1 unspecified atom stereocenters. The summed E-state index contributed by atoms with van der Waals surface area (Å²) in [5.41, 5.74) is 1.00. The van der Waals surface area contributed by atoms with Crippen LogP contribution in [0.25, 0.3) is 0 Å². The second-order valence-corrected chi connectivity index (χ2v) is 5.84. The number of rotatable bonds is 13. The van der Waals surface area contributed by atoms with Crippen LogP contribution >= 0.6 is 0 Å². The van der Waals surface area contributed by atoms with Gasteiger partial charge in [-0.15, -0.1) is 0 Å². The number of esters is 1. The van der Waals surface area contributed by atoms with Gasteiger partial charge in [0.15, 0.2) is 0 Å². The van der Waals surface area contributed by atoms with Crippen molar-refractivity contribution < 1.29 is 49.3 Å². The van der Waals surface area contributed by atoms with Gasteiger partial charge >= 0.3 is 5.97 Å². The number of carbonyl (C=O) groups excluding carboxylic acids is 1. The van der Waals surface area contributed by atoms with Gasteiger partial charge < -0.3 is 44.5 Å². The van der Waals surface area contributed by atoms with E-state index in [1.165, 1.54) is 0 Å². The molecule has 7 heteroatoms. The Kier molecular flexibility index (Phi) is 18.5. The SMILES string of the molecule is CCOCCCOC(=O)C([NH2+]CC[NH+](CC)CC)c1ccccc1.[Cl-].[Cl-]. The first-order chi connectivity index (χ1) is 11.7. The lowest BCUT2D eigenvalue weighted by Gasteiger charge is -2.18. The Bertz CT molecular complexity index is 446. The number of quaternary nitrogens is 2. The summed E-state index contributed by atoms with van der Waals surface area (Å²) >= 11 is 0. The number of carbonyl (C=O) groups is 1. The van der Waals surface area contributed by atoms with E-state index in [9.17, 15) is 4.79 Å². The molecule has 0 aromatic heterocycles. The maximum Gasteiger partial charge on any atom is 0.369 e. The van der Waals surface area contributed by atoms with E-state index in [1.54, 1.807) is 4.90 Å². The summed E-state index contributed by atoms with van der Waals surface area (Å²) in [6, 6.07) is 9.60. The summed E-state index contributed by atoms with van der Waals surface area (Å²) in [7, 11) is 0. The van der Waals surface area contributed by atoms with Gasteiger partial charge in [0.1, 0.15) is 13.1 Å². The Morgan fingerprint density at radius 2 is 1.73 bits per heavy atom. The lowest BCUT2D eigenvalue weighted by Crippen LogP contribution is -3.14. The average Bonchev–Trinajstić information content (AvgIpc) is 2.62. The van der Waals surface area contributed by atoms with Gasteiger partial charge in [-0.1, -0.05) is 30.3 Å². The van der Waals surface area contributed by atoms with E-state index in [2.05, 4.69) is 19.2 Å². The van der Waals surface area contributed by atoms with Gasteiger partial charge in [-0.05, 0) is 20.8 Å². The van der Waals surface area contributed by atoms with Crippen molar-refractivity contribution in [2.24, 2.45) is 0 Å². The molecule has 0 heterocycles. The zero-order valence-electron chi connectivity index (χ0n) is 16.2. The number of likely N-dealkylation sites (N-methyl/N-ethyl adjacent to an activating group) is 1. The number of nitrogens with one attached hydrogen (secondary N) is 1. The Labute approximate surface area is 170 Å². The van der Waals surface area contributed by atoms with Crippen LogP contribution in [0.15, 0.2) is 30.3 Å². The summed E-state index contributed by atoms with van der Waals surface area (Å²) in [6.07, 6.45) is 0.741. The number of hydrogen-bond acceptors (Lipinski definition) is 3. The normalized spacial score (nSPS) is 11.4. The van der Waals surface area contributed by atoms with Gasteiger partial charge in [0.2, 0.25) is 6.04 Å². The minimum atomic E-state index is -0.284. The van der Waals surface area contributed by atoms with Gasteiger partial charge in [-0.2, -0.15) is 0 Å². The fourth-order valence-electron chi connectivity index (χ4n) is 2.65. The summed E-state index contributed by atoms with van der Waals surface area (Å²) < 4.78 is 10.7. The number of ether oxygens (including phenoxy) is 2. The van der Waals surface area contributed by atoms with Crippen LogP contribution in [-0.2, 0) is 14.3 Å². The fourth-order valence-corrected chi connectivity index (χ4v) is 2.65. The molecule has 0 bridgehead atoms. The first-order valence-electron chi connectivity index (χ1n) is 9.19. The smallest absolute Gasteiger partial charge is 0.369 e. The summed E-state index contributed by atoms with van der Waals surface area (Å²) in [5, 5.41) is 2.10. The van der Waals surface area contributed by atoms with Gasteiger partial charge in [-0.3, -0.25) is 0 Å². The molecule has 1 aromatic rings. The number of hydrogen-bond donors (Lipinski definition) is 2. The van der Waals surface area contributed by atoms with Crippen LogP contribution in [0.2, 0.25) is 0 Å². The molecule has 0 fully saturated rings. The summed E-state index contributed by atoms with van der Waals surface area (Å²) in [4.78, 5) is 14.0. The molecule has 5 nitrogen and oxygen atoms in total. The quantitative estimate of drug-likeness (QED) is 0.252. The second-order valence-electron chi connectivity index (χ2n) is 5.84. The molecule has 1 rings (SSSR count). The molecule has 0 saturated carbocycles. The zero-order valence-corrected chi connectivity index (χ0v) is 17.7. The molecule has 1 atom stereocenters. The van der Waals surface area contributed by atoms with Crippen molar-refractivity contribution in [2.75, 3.05) is 46.0 Å². The van der Waals surface area contributed by atoms with Gasteiger partial charge in [-0.25, -0.2) is 4.79 Å². The molecule has 0 radical (unpaired) electrons. The van der Waals surface area contributed by atoms with Crippen LogP contribution < -0.4 is 35.0 Å². The van der Waals surface area contributed by atoms with Gasteiger partial charge in [0, 0.05) is 25.2 Å². The van der Waals surface area contributed by atoms with E-state index in [0.29, 0.717) is 19.8 Å². The van der Waals surface area contributed by atoms with Crippen LogP contribution in [0, 0.1) is 0 Å². The predicted octanol–water partition coefficient (Wildman–Crippen LogP) is -5.81. The Morgan fingerprint density at radius 1 is 1.08 bits per heavy atom. The zero-order chi connectivity index (χ0) is 17.6. The van der Waals surface area contributed by atoms with E-state index >= 15 is 0 Å². The van der Waals surface area contributed by atoms with Crippen LogP contribution in [0.4, 0.5) is 0 Å². The minimum absolute atomic E-state index is 0. The minimum Gasteiger partial charge on any atom is -1.00 e. The van der Waals surface area contributed by atoms with Crippen LogP contribution in [0.1, 0.15) is 38.8 Å². The van der Waals surface area contributed by atoms with Gasteiger partial charge in [0.25, 0.3) is 0 Å². The molecule has 152 valence electrons. The molecule has 0 aliphatic carbocycles. The van der Waals surface area contributed by atoms with E-state index in [1.807, 2.05) is 37.3 Å². The van der Waals surface area contributed by atoms with Crippen molar-refractivity contribution in [1.82, 2.24) is 0 Å². The Morgan fingerprint density at radius 3 is 2.31 bits per heavy atom. The van der Waals surface area contributed by atoms with Crippen LogP contribution in [0.5, 0.6) is 0 Å². The molecule has 0 saturated heterocycles. The van der Waals surface area contributed by atoms with E-state index in [0.717, 1.165) is 38.2 Å². The highest BCUT2D eigenvalue weighted by molar-refractivity contribution is 5.75. The van der Waals surface area contributed by atoms with Gasteiger partial charge in [0.05, 0.1) is 19.7 Å². The molecular weight excluding hydrogens is 375 g/mol. The van der Waals surface area contributed by atoms with E-state index in [4.69, 9.17) is 9.47 Å². The largest absolute Gasteiger partial charge is 1.00 e. The van der Waals surface area contributed by atoms with E-state index < -0.39 is 0 Å². The number of halogens is 2. The molecule has 26 heavy (non-hydrogen) atoms. The molecule has 1 aromatic carbocycles. The Hall–Kier alpha value is -0.850. The third-order valence-corrected chi connectivity index (χ3v) is 4.19. The predicted molar refractivity (Wildman–Crippen MR) is 95.0 cm³/mol. The third-order valence-electron chi connectivity index (χ3n) is 4.19. The fraction of sp³-hybridized carbons (Fsp3) is 0.632. The summed E-state index contributed by atoms with van der Waals surface area (Å²) in [5.74, 6) is -0.160. The second kappa shape index (κ2) is 17.6. The van der Waals surface area contributed by atoms with Crippen molar-refractivity contribution in [3.05, 3.63) is 35.9 Å². The topological polar surface area (TPSA) is 56.6 Å². The average molecular weight is 409 g/mol. The van der Waals surface area contributed by atoms with Crippen molar-refractivity contribution >= 4 is 5.97 Å². The first kappa shape index (κ1) is 27.4. The van der Waals surface area contributed by atoms with Crippen molar-refractivity contribution in [1.29, 1.82) is 0 Å². The lowest BCUT2D eigenvalue weighted by atomic mass is 10.1. The highest BCUT2D eigenvalue weighted by atomic mass is 35.5. The molecule has 0 amide bonds. The van der Waals surface area contributed by atoms with Crippen molar-refractivity contribution in [3.8, 4) is 0 Å². The first-order valence-corrected chi connectivity index (χ1v) is 9.19. The highest BCUT2D eigenvalue weighted by Gasteiger charge is 2.25. The lowest BCUT2D eigenvalue weighted by molar-refractivity contribution is -0.910. The molecule has 0 aliphatic heterocycles. The molecule has 3 N–H and O–H groups in total. The molecule has 0 aliphatic rings. The van der Waals surface area contributed by atoms with E-state index in [-0.39, 0.29) is 36.8 Å². The van der Waals surface area contributed by atoms with Crippen LogP contribution in [-0.4, -0.2) is 52.0 Å². The Balaban J connectivity index is 0. The number of nitrogens with two attached hydrogens (primary N) is 1. The van der Waals surface area contributed by atoms with Crippen molar-refractivity contribution in [2.45, 2.75) is 33.2 Å². The standard InChI is InChI=1S/C19H32N2O3.2ClH/c1-4-21(5-2)14-13-20-18(17-11-8-7-9-12-17)19(22)24-16-10-15-23-6-3;;/h7-9,11-12,18,20H,4-6,10,13-16H2,1-3H3;2*1H. The monoisotopic (exact) mass is 408 g/mol. The molecule has 0 spiro atoms. The van der Waals surface area contributed by atoms with Crippen LogP contribution in [0.3, 0.4) is 0 Å². The third kappa shape index (κ3) is 11.0. The number of benzene rings is 1. The maximum absolute atomic E-state index is 12.5. The van der Waals surface area contributed by atoms with Crippen molar-refractivity contribution in [3.63, 3.8) is 0 Å². The summed E-state index contributed by atoms with van der Waals surface area (Å²) in [6.45, 7) is 12.3. The maximum atomic E-state index is 12.5. The highest BCUT2D eigenvalue weighted by Crippen LogP contribution is 2.10.